The number of carbonyl (C=O) groups is 5. The normalized spacial score (nSPS) is 22.1. The summed E-state index contributed by atoms with van der Waals surface area (Å²) in [5, 5.41) is 47.5. The van der Waals surface area contributed by atoms with Crippen molar-refractivity contribution in [2.75, 3.05) is 122 Å². The third-order valence-corrected chi connectivity index (χ3v) is 16.8. The summed E-state index contributed by atoms with van der Waals surface area (Å²) in [6.45, 7) is 4.92. The van der Waals surface area contributed by atoms with Crippen molar-refractivity contribution in [3.63, 3.8) is 0 Å². The van der Waals surface area contributed by atoms with Gasteiger partial charge in [0.15, 0.2) is 29.1 Å². The number of rotatable bonds is 30. The lowest BCUT2D eigenvalue weighted by Gasteiger charge is -2.38. The van der Waals surface area contributed by atoms with Crippen molar-refractivity contribution in [1.82, 2.24) is 9.80 Å². The van der Waals surface area contributed by atoms with Gasteiger partial charge in [-0.1, -0.05) is 30.3 Å². The van der Waals surface area contributed by atoms with E-state index in [0.29, 0.717) is 131 Å². The molecule has 10 rings (SSSR count). The molecule has 1 spiro atoms. The monoisotopic (exact) mass is 1240 g/mol. The number of hydrogen-bond donors (Lipinski definition) is 7. The molecule has 26 heteroatoms. The molecule has 5 heterocycles. The number of carboxylic acids is 1. The number of methoxy groups -OCH3 is 2. The Morgan fingerprint density at radius 1 is 0.708 bits per heavy atom. The number of anilines is 3. The molecule has 4 amide bonds. The SMILES string of the molecule is COc1cc2c(cc1OCCCCCOc1cc3c(cc1OC)C(=O)N1CC4(CC4)C[C@H]1CN3C(=O)OCc1ccc(O[C@@H]3O[C@H](C(=O)O)[C@@H](O)[C@H](O)[C@H]3O)c(NC(=O)CCOCCOCCOCCOCCN)c1)NC[C@@H]1Cc3ccccc3CN1C2=O. The van der Waals surface area contributed by atoms with Crippen molar-refractivity contribution in [2.24, 2.45) is 11.1 Å². The van der Waals surface area contributed by atoms with E-state index in [1.165, 1.54) is 35.8 Å². The van der Waals surface area contributed by atoms with E-state index < -0.39 is 48.7 Å². The Kier molecular flexibility index (Phi) is 21.6. The van der Waals surface area contributed by atoms with Gasteiger partial charge in [0.05, 0.1) is 127 Å². The van der Waals surface area contributed by atoms with E-state index in [0.717, 1.165) is 24.8 Å². The fraction of sp³-hybridized carbons (Fsp3) is 0.540. The first-order chi connectivity index (χ1) is 43.2. The molecule has 482 valence electrons. The van der Waals surface area contributed by atoms with Crippen molar-refractivity contribution in [3.8, 4) is 28.7 Å². The molecule has 0 unspecified atom stereocenters. The summed E-state index contributed by atoms with van der Waals surface area (Å²) in [6.07, 6.45) is -5.11. The predicted molar refractivity (Wildman–Crippen MR) is 319 cm³/mol. The molecule has 0 bridgehead atoms. The second-order valence-electron chi connectivity index (χ2n) is 22.9. The molecule has 1 saturated carbocycles. The number of fused-ring (bicyclic) bond motifs is 5. The summed E-state index contributed by atoms with van der Waals surface area (Å²) in [4.78, 5) is 73.6. The number of nitrogens with one attached hydrogen (secondary N) is 2. The maximum atomic E-state index is 14.6. The highest BCUT2D eigenvalue weighted by Gasteiger charge is 2.55. The van der Waals surface area contributed by atoms with Crippen molar-refractivity contribution in [3.05, 3.63) is 94.5 Å². The molecule has 6 aliphatic rings. The van der Waals surface area contributed by atoms with E-state index in [9.17, 15) is 44.4 Å². The van der Waals surface area contributed by atoms with Crippen molar-refractivity contribution in [2.45, 2.75) is 107 Å². The van der Waals surface area contributed by atoms with Gasteiger partial charge in [0.1, 0.15) is 30.7 Å². The van der Waals surface area contributed by atoms with Crippen molar-refractivity contribution >= 4 is 46.8 Å². The van der Waals surface area contributed by atoms with Gasteiger partial charge in [-0.3, -0.25) is 19.3 Å². The number of aliphatic hydroxyl groups is 3. The van der Waals surface area contributed by atoms with Crippen LogP contribution in [-0.4, -0.2) is 209 Å². The third kappa shape index (κ3) is 15.6. The number of benzene rings is 4. The largest absolute Gasteiger partial charge is 0.493 e. The minimum absolute atomic E-state index is 0.00351. The molecule has 4 aromatic carbocycles. The van der Waals surface area contributed by atoms with Crippen LogP contribution in [0.1, 0.15) is 82.4 Å². The second kappa shape index (κ2) is 29.9. The van der Waals surface area contributed by atoms with Crippen molar-refractivity contribution < 1.29 is 96.5 Å². The molecule has 89 heavy (non-hydrogen) atoms. The van der Waals surface area contributed by atoms with Crippen LogP contribution in [0.2, 0.25) is 0 Å². The zero-order valence-corrected chi connectivity index (χ0v) is 50.1. The maximum Gasteiger partial charge on any atom is 0.414 e. The molecule has 5 aliphatic heterocycles. The number of nitrogens with two attached hydrogens (primary N) is 1. The molecule has 4 aromatic rings. The van der Waals surface area contributed by atoms with Crippen LogP contribution in [-0.2, 0) is 57.6 Å². The Labute approximate surface area is 515 Å². The smallest absolute Gasteiger partial charge is 0.414 e. The topological polar surface area (TPSA) is 328 Å². The van der Waals surface area contributed by atoms with E-state index in [4.69, 9.17) is 57.8 Å². The molecule has 0 radical (unpaired) electrons. The molecule has 7 atom stereocenters. The molecule has 2 saturated heterocycles. The van der Waals surface area contributed by atoms with E-state index in [1.807, 2.05) is 28.0 Å². The summed E-state index contributed by atoms with van der Waals surface area (Å²) in [6, 6.07) is 19.1. The average Bonchev–Trinajstić information content (AvgIpc) is 1.60. The van der Waals surface area contributed by atoms with Crippen LogP contribution in [0, 0.1) is 5.41 Å². The number of hydrogen-bond acceptors (Lipinski definition) is 21. The predicted octanol–water partition coefficient (Wildman–Crippen LogP) is 4.10. The van der Waals surface area contributed by atoms with Crippen LogP contribution >= 0.6 is 0 Å². The molecule has 1 aliphatic carbocycles. The Morgan fingerprint density at radius 2 is 1.36 bits per heavy atom. The molecular weight excluding hydrogens is 1160 g/mol. The number of ether oxygens (including phenoxy) is 11. The summed E-state index contributed by atoms with van der Waals surface area (Å²) >= 11 is 0. The fourth-order valence-corrected chi connectivity index (χ4v) is 11.8. The van der Waals surface area contributed by atoms with Crippen molar-refractivity contribution in [1.29, 1.82) is 0 Å². The third-order valence-electron chi connectivity index (χ3n) is 16.8. The van der Waals surface area contributed by atoms with Crippen LogP contribution in [0.5, 0.6) is 28.7 Å². The van der Waals surface area contributed by atoms with Gasteiger partial charge in [-0.2, -0.15) is 0 Å². The quantitative estimate of drug-likeness (QED) is 0.0361. The summed E-state index contributed by atoms with van der Waals surface area (Å²) in [5.41, 5.74) is 9.89. The van der Waals surface area contributed by atoms with Crippen LogP contribution in [0.15, 0.2) is 66.7 Å². The Bertz CT molecular complexity index is 3150. The van der Waals surface area contributed by atoms with Gasteiger partial charge in [0, 0.05) is 44.9 Å². The number of unbranched alkanes of at least 4 members (excludes halogenated alkanes) is 2. The van der Waals surface area contributed by atoms with E-state index in [1.54, 1.807) is 25.3 Å². The lowest BCUT2D eigenvalue weighted by molar-refractivity contribution is -0.271. The van der Waals surface area contributed by atoms with Crippen LogP contribution in [0.25, 0.3) is 0 Å². The molecule has 0 aromatic heterocycles. The van der Waals surface area contributed by atoms with Gasteiger partial charge in [-0.05, 0) is 91.3 Å². The molecule has 8 N–H and O–H groups in total. The first-order valence-corrected chi connectivity index (χ1v) is 30.3. The second-order valence-corrected chi connectivity index (χ2v) is 22.9. The minimum atomic E-state index is -1.98. The zero-order valence-electron chi connectivity index (χ0n) is 50.1. The highest BCUT2D eigenvalue weighted by Crippen LogP contribution is 2.56. The standard InChI is InChI=1S/C63H80N6O20/c1-79-49-28-43-45(65-33-41-27-39-8-4-5-9-40(39)34-67(41)58(43)74)30-51(49)85-16-6-3-7-17-86-52-31-47-44(29-50(52)80-2)59(75)69-37-63(13-14-63)32-42(69)35-68(47)62(78)87-36-38-10-11-48(88-61-56(73)54(71)55(72)57(89-61)60(76)77)46(26-38)66-53(70)12-18-81-20-22-83-24-25-84-23-21-82-19-15-64/h4-5,8-11,26,28-31,41-42,54-57,61,65,71-73H,3,6-7,12-25,27,32-37,64H2,1-2H3,(H,66,70)(H,76,77)/t41-,42-,54-,55-,56+,57-,61+/m0/s1. The van der Waals surface area contributed by atoms with Gasteiger partial charge in [-0.15, -0.1) is 0 Å². The number of aliphatic carboxylic acids is 1. The Hall–Kier alpha value is -7.53. The number of aliphatic hydroxyl groups excluding tert-OH is 3. The van der Waals surface area contributed by atoms with Gasteiger partial charge < -0.3 is 98.7 Å². The van der Waals surface area contributed by atoms with Gasteiger partial charge in [-0.25, -0.2) is 9.59 Å². The molecule has 26 nitrogen and oxygen atoms in total. The number of amides is 4. The van der Waals surface area contributed by atoms with Crippen LogP contribution in [0.3, 0.4) is 0 Å². The number of carboxylic acid groups (broad SMARTS) is 1. The van der Waals surface area contributed by atoms with Gasteiger partial charge in [0.25, 0.3) is 11.8 Å². The van der Waals surface area contributed by atoms with E-state index >= 15 is 0 Å². The summed E-state index contributed by atoms with van der Waals surface area (Å²) in [7, 11) is 3.03. The highest BCUT2D eigenvalue weighted by atomic mass is 16.7. The van der Waals surface area contributed by atoms with Crippen LogP contribution in [0.4, 0.5) is 21.9 Å². The first-order valence-electron chi connectivity index (χ1n) is 30.3. The lowest BCUT2D eigenvalue weighted by atomic mass is 9.94. The number of carbonyl (C=O) groups excluding carboxylic acids is 4. The zero-order chi connectivity index (χ0) is 62.6. The average molecular weight is 1240 g/mol. The fourth-order valence-electron chi connectivity index (χ4n) is 11.8. The van der Waals surface area contributed by atoms with Gasteiger partial charge in [0.2, 0.25) is 12.2 Å². The highest BCUT2D eigenvalue weighted by molar-refractivity contribution is 6.06. The minimum Gasteiger partial charge on any atom is -0.493 e. The van der Waals surface area contributed by atoms with E-state index in [2.05, 4.69) is 22.8 Å². The van der Waals surface area contributed by atoms with E-state index in [-0.39, 0.29) is 98.0 Å². The Balaban J connectivity index is 0.771. The number of nitrogens with zero attached hydrogens (tertiary/aromatic N) is 3. The lowest BCUT2D eigenvalue weighted by Crippen LogP contribution is -2.61. The molecular formula is C63H80N6O20. The first kappa shape index (κ1) is 64.5. The molecule has 3 fully saturated rings. The van der Waals surface area contributed by atoms with Crippen LogP contribution < -0.4 is 45.0 Å². The maximum absolute atomic E-state index is 14.6. The summed E-state index contributed by atoms with van der Waals surface area (Å²) < 4.78 is 63.2. The Morgan fingerprint density at radius 3 is 2.03 bits per heavy atom. The summed E-state index contributed by atoms with van der Waals surface area (Å²) in [5.74, 6) is -0.985. The van der Waals surface area contributed by atoms with Gasteiger partial charge >= 0.3 is 12.1 Å².